The Labute approximate surface area is 79.2 Å². The summed E-state index contributed by atoms with van der Waals surface area (Å²) in [7, 11) is 0. The molecular formula is C10H16N2O. The lowest BCUT2D eigenvalue weighted by molar-refractivity contribution is 0.278. The van der Waals surface area contributed by atoms with Gasteiger partial charge in [0.2, 0.25) is 5.88 Å². The molecule has 0 bridgehead atoms. The Morgan fingerprint density at radius 1 is 1.31 bits per heavy atom. The third kappa shape index (κ3) is 3.87. The highest BCUT2D eigenvalue weighted by Gasteiger charge is 1.97. The minimum atomic E-state index is 0.617. The summed E-state index contributed by atoms with van der Waals surface area (Å²) in [5.74, 6) is 1.28. The molecule has 0 atom stereocenters. The van der Waals surface area contributed by atoms with E-state index in [2.05, 4.69) is 23.8 Å². The summed E-state index contributed by atoms with van der Waals surface area (Å²) < 4.78 is 5.40. The van der Waals surface area contributed by atoms with E-state index < -0.39 is 0 Å². The number of nitrogens with zero attached hydrogens (tertiary/aromatic N) is 2. The summed E-state index contributed by atoms with van der Waals surface area (Å²) in [4.78, 5) is 8.18. The number of aromatic nitrogens is 2. The third-order valence-corrected chi connectivity index (χ3v) is 1.70. The smallest absolute Gasteiger partial charge is 0.232 e. The Kier molecular flexibility index (Phi) is 3.68. The Morgan fingerprint density at radius 2 is 2.08 bits per heavy atom. The van der Waals surface area contributed by atoms with Gasteiger partial charge in [0.25, 0.3) is 0 Å². The van der Waals surface area contributed by atoms with E-state index in [4.69, 9.17) is 4.74 Å². The largest absolute Gasteiger partial charge is 0.477 e. The lowest BCUT2D eigenvalue weighted by Gasteiger charge is -2.06. The van der Waals surface area contributed by atoms with Crippen molar-refractivity contribution >= 4 is 0 Å². The molecule has 0 aliphatic heterocycles. The van der Waals surface area contributed by atoms with Crippen LogP contribution in [0.15, 0.2) is 12.4 Å². The van der Waals surface area contributed by atoms with Crippen molar-refractivity contribution in [2.24, 2.45) is 5.92 Å². The van der Waals surface area contributed by atoms with Crippen molar-refractivity contribution < 1.29 is 4.74 Å². The molecule has 1 rings (SSSR count). The predicted octanol–water partition coefficient (Wildman–Crippen LogP) is 2.21. The molecule has 0 saturated heterocycles. The molecule has 0 amide bonds. The van der Waals surface area contributed by atoms with E-state index in [0.29, 0.717) is 11.8 Å². The molecule has 3 nitrogen and oxygen atoms in total. The van der Waals surface area contributed by atoms with E-state index >= 15 is 0 Å². The van der Waals surface area contributed by atoms with E-state index in [1.165, 1.54) is 0 Å². The van der Waals surface area contributed by atoms with Gasteiger partial charge in [-0.05, 0) is 19.3 Å². The molecule has 0 aromatic carbocycles. The van der Waals surface area contributed by atoms with Crippen molar-refractivity contribution in [3.05, 3.63) is 18.1 Å². The van der Waals surface area contributed by atoms with Crippen molar-refractivity contribution in [3.8, 4) is 5.88 Å². The van der Waals surface area contributed by atoms with Gasteiger partial charge in [-0.3, -0.25) is 4.98 Å². The molecule has 13 heavy (non-hydrogen) atoms. The fraction of sp³-hybridized carbons (Fsp3) is 0.600. The molecule has 3 heteroatoms. The van der Waals surface area contributed by atoms with Gasteiger partial charge in [-0.25, -0.2) is 4.98 Å². The van der Waals surface area contributed by atoms with E-state index in [1.54, 1.807) is 12.4 Å². The van der Waals surface area contributed by atoms with E-state index in [9.17, 15) is 0 Å². The lowest BCUT2D eigenvalue weighted by Crippen LogP contribution is -2.02. The van der Waals surface area contributed by atoms with Crippen LogP contribution in [0.5, 0.6) is 5.88 Å². The third-order valence-electron chi connectivity index (χ3n) is 1.70. The maximum Gasteiger partial charge on any atom is 0.232 e. The molecule has 1 aromatic heterocycles. The zero-order chi connectivity index (χ0) is 9.68. The molecular weight excluding hydrogens is 164 g/mol. The van der Waals surface area contributed by atoms with Crippen LogP contribution in [0, 0.1) is 12.8 Å². The summed E-state index contributed by atoms with van der Waals surface area (Å²) in [5.41, 5.74) is 0.913. The Bertz CT molecular complexity index is 244. The first-order valence-electron chi connectivity index (χ1n) is 4.60. The fourth-order valence-electron chi connectivity index (χ4n) is 0.854. The van der Waals surface area contributed by atoms with Gasteiger partial charge in [0.15, 0.2) is 0 Å². The molecule has 0 unspecified atom stereocenters. The van der Waals surface area contributed by atoms with Gasteiger partial charge in [-0.2, -0.15) is 0 Å². The summed E-state index contributed by atoms with van der Waals surface area (Å²) >= 11 is 0. The first kappa shape index (κ1) is 9.96. The number of hydrogen-bond donors (Lipinski definition) is 0. The molecule has 0 aliphatic carbocycles. The highest BCUT2D eigenvalue weighted by atomic mass is 16.5. The highest BCUT2D eigenvalue weighted by Crippen LogP contribution is 2.05. The Balaban J connectivity index is 2.33. The SMILES string of the molecule is Cc1cnc(OCCC(C)C)cn1. The quantitative estimate of drug-likeness (QED) is 0.712. The molecule has 0 aliphatic rings. The predicted molar refractivity (Wildman–Crippen MR) is 51.7 cm³/mol. The molecule has 0 N–H and O–H groups in total. The van der Waals surface area contributed by atoms with E-state index in [0.717, 1.165) is 18.7 Å². The second kappa shape index (κ2) is 4.80. The van der Waals surface area contributed by atoms with Gasteiger partial charge in [0.05, 0.1) is 24.7 Å². The van der Waals surface area contributed by atoms with Crippen LogP contribution in [-0.4, -0.2) is 16.6 Å². The first-order chi connectivity index (χ1) is 6.18. The van der Waals surface area contributed by atoms with Gasteiger partial charge in [-0.1, -0.05) is 13.8 Å². The van der Waals surface area contributed by atoms with Crippen LogP contribution in [0.25, 0.3) is 0 Å². The minimum Gasteiger partial charge on any atom is -0.477 e. The van der Waals surface area contributed by atoms with Crippen LogP contribution in [-0.2, 0) is 0 Å². The standard InChI is InChI=1S/C10H16N2O/c1-8(2)4-5-13-10-7-11-9(3)6-12-10/h6-8H,4-5H2,1-3H3. The molecule has 1 heterocycles. The fourth-order valence-corrected chi connectivity index (χ4v) is 0.854. The lowest BCUT2D eigenvalue weighted by atomic mass is 10.1. The topological polar surface area (TPSA) is 35.0 Å². The van der Waals surface area contributed by atoms with Gasteiger partial charge in [0, 0.05) is 0 Å². The number of ether oxygens (including phenoxy) is 1. The molecule has 0 radical (unpaired) electrons. The van der Waals surface area contributed by atoms with E-state index in [-0.39, 0.29) is 0 Å². The van der Waals surface area contributed by atoms with Crippen molar-refractivity contribution in [2.75, 3.05) is 6.61 Å². The van der Waals surface area contributed by atoms with Crippen molar-refractivity contribution in [2.45, 2.75) is 27.2 Å². The van der Waals surface area contributed by atoms with Gasteiger partial charge in [0.1, 0.15) is 0 Å². The van der Waals surface area contributed by atoms with Crippen molar-refractivity contribution in [1.82, 2.24) is 9.97 Å². The highest BCUT2D eigenvalue weighted by molar-refractivity contribution is 5.05. The molecule has 0 fully saturated rings. The van der Waals surface area contributed by atoms with Gasteiger partial charge in [-0.15, -0.1) is 0 Å². The van der Waals surface area contributed by atoms with Crippen LogP contribution in [0.4, 0.5) is 0 Å². The Hall–Kier alpha value is -1.12. The van der Waals surface area contributed by atoms with Crippen LogP contribution in [0.1, 0.15) is 26.0 Å². The van der Waals surface area contributed by atoms with Crippen LogP contribution < -0.4 is 4.74 Å². The second-order valence-electron chi connectivity index (χ2n) is 3.53. The zero-order valence-corrected chi connectivity index (χ0v) is 8.45. The minimum absolute atomic E-state index is 0.617. The van der Waals surface area contributed by atoms with Crippen molar-refractivity contribution in [3.63, 3.8) is 0 Å². The van der Waals surface area contributed by atoms with Crippen LogP contribution in [0.3, 0.4) is 0 Å². The normalized spacial score (nSPS) is 10.5. The van der Waals surface area contributed by atoms with E-state index in [1.807, 2.05) is 6.92 Å². The number of hydrogen-bond acceptors (Lipinski definition) is 3. The van der Waals surface area contributed by atoms with Gasteiger partial charge < -0.3 is 4.74 Å². The average Bonchev–Trinajstić information content (AvgIpc) is 2.08. The van der Waals surface area contributed by atoms with Crippen LogP contribution in [0.2, 0.25) is 0 Å². The second-order valence-corrected chi connectivity index (χ2v) is 3.53. The summed E-state index contributed by atoms with van der Waals surface area (Å²) in [6.45, 7) is 6.97. The van der Waals surface area contributed by atoms with Crippen LogP contribution >= 0.6 is 0 Å². The molecule has 0 spiro atoms. The van der Waals surface area contributed by atoms with Gasteiger partial charge >= 0.3 is 0 Å². The maximum atomic E-state index is 5.40. The molecule has 0 saturated carbocycles. The molecule has 72 valence electrons. The monoisotopic (exact) mass is 180 g/mol. The summed E-state index contributed by atoms with van der Waals surface area (Å²) in [5, 5.41) is 0. The first-order valence-corrected chi connectivity index (χ1v) is 4.60. The zero-order valence-electron chi connectivity index (χ0n) is 8.45. The molecule has 1 aromatic rings. The average molecular weight is 180 g/mol. The number of aryl methyl sites for hydroxylation is 1. The number of rotatable bonds is 4. The van der Waals surface area contributed by atoms with Crippen molar-refractivity contribution in [1.29, 1.82) is 0 Å². The Morgan fingerprint density at radius 3 is 2.62 bits per heavy atom. The summed E-state index contributed by atoms with van der Waals surface area (Å²) in [6, 6.07) is 0. The summed E-state index contributed by atoms with van der Waals surface area (Å²) in [6.07, 6.45) is 4.43. The maximum absolute atomic E-state index is 5.40.